The van der Waals surface area contributed by atoms with Crippen molar-refractivity contribution in [2.45, 2.75) is 5.92 Å². The van der Waals surface area contributed by atoms with Gasteiger partial charge >= 0.3 is 5.97 Å². The molecule has 0 fully saturated rings. The average molecular weight is 250 g/mol. The first-order valence-corrected chi connectivity index (χ1v) is 5.31. The Labute approximate surface area is 103 Å². The lowest BCUT2D eigenvalue weighted by atomic mass is 10.1. The van der Waals surface area contributed by atoms with Crippen LogP contribution in [0, 0.1) is 5.82 Å². The van der Waals surface area contributed by atoms with Gasteiger partial charge in [0, 0.05) is 0 Å². The molecule has 0 saturated heterocycles. The van der Waals surface area contributed by atoms with E-state index in [1.54, 1.807) is 12.1 Å². The molecule has 18 heavy (non-hydrogen) atoms. The zero-order valence-electron chi connectivity index (χ0n) is 9.38. The lowest BCUT2D eigenvalue weighted by Crippen LogP contribution is -2.18. The SMILES string of the molecule is O=C(O)C(COc1ccc(F)cc1)c1ccco1. The van der Waals surface area contributed by atoms with Gasteiger partial charge in [-0.05, 0) is 36.4 Å². The van der Waals surface area contributed by atoms with E-state index in [1.165, 1.54) is 30.5 Å². The Hall–Kier alpha value is -2.30. The van der Waals surface area contributed by atoms with Crippen molar-refractivity contribution in [3.63, 3.8) is 0 Å². The maximum absolute atomic E-state index is 12.7. The number of carboxylic acids is 1. The first-order chi connectivity index (χ1) is 8.66. The topological polar surface area (TPSA) is 59.7 Å². The van der Waals surface area contributed by atoms with E-state index in [9.17, 15) is 9.18 Å². The largest absolute Gasteiger partial charge is 0.492 e. The molecule has 1 atom stereocenters. The number of furan rings is 1. The molecule has 1 aromatic heterocycles. The highest BCUT2D eigenvalue weighted by Gasteiger charge is 2.23. The molecule has 1 aromatic carbocycles. The molecule has 1 N–H and O–H groups in total. The van der Waals surface area contributed by atoms with Gasteiger partial charge in [0.15, 0.2) is 0 Å². The average Bonchev–Trinajstić information content (AvgIpc) is 2.85. The van der Waals surface area contributed by atoms with Crippen molar-refractivity contribution in [3.05, 3.63) is 54.2 Å². The van der Waals surface area contributed by atoms with Crippen molar-refractivity contribution >= 4 is 5.97 Å². The van der Waals surface area contributed by atoms with E-state index in [2.05, 4.69) is 0 Å². The maximum Gasteiger partial charge on any atom is 0.317 e. The van der Waals surface area contributed by atoms with Gasteiger partial charge in [-0.15, -0.1) is 0 Å². The van der Waals surface area contributed by atoms with Gasteiger partial charge in [-0.3, -0.25) is 4.79 Å². The lowest BCUT2D eigenvalue weighted by Gasteiger charge is -2.11. The summed E-state index contributed by atoms with van der Waals surface area (Å²) in [6.07, 6.45) is 1.41. The van der Waals surface area contributed by atoms with Crippen molar-refractivity contribution in [2.75, 3.05) is 6.61 Å². The van der Waals surface area contributed by atoms with Crippen molar-refractivity contribution in [3.8, 4) is 5.75 Å². The Morgan fingerprint density at radius 1 is 1.33 bits per heavy atom. The van der Waals surface area contributed by atoms with E-state index in [-0.39, 0.29) is 12.4 Å². The van der Waals surface area contributed by atoms with Gasteiger partial charge in [-0.1, -0.05) is 0 Å². The Morgan fingerprint density at radius 2 is 2.06 bits per heavy atom. The summed E-state index contributed by atoms with van der Waals surface area (Å²) in [5.74, 6) is -1.56. The number of carboxylic acid groups (broad SMARTS) is 1. The zero-order chi connectivity index (χ0) is 13.0. The Bertz CT molecular complexity index is 504. The van der Waals surface area contributed by atoms with E-state index >= 15 is 0 Å². The maximum atomic E-state index is 12.7. The monoisotopic (exact) mass is 250 g/mol. The smallest absolute Gasteiger partial charge is 0.317 e. The fourth-order valence-corrected chi connectivity index (χ4v) is 1.48. The lowest BCUT2D eigenvalue weighted by molar-refractivity contribution is -0.140. The quantitative estimate of drug-likeness (QED) is 0.886. The third-order valence-corrected chi connectivity index (χ3v) is 2.42. The third kappa shape index (κ3) is 2.88. The summed E-state index contributed by atoms with van der Waals surface area (Å²) < 4.78 is 23.0. The number of ether oxygens (including phenoxy) is 1. The molecule has 1 unspecified atom stereocenters. The second kappa shape index (κ2) is 5.35. The van der Waals surface area contributed by atoms with Gasteiger partial charge in [0.25, 0.3) is 0 Å². The molecule has 0 aliphatic rings. The van der Waals surface area contributed by atoms with Crippen LogP contribution in [-0.4, -0.2) is 17.7 Å². The summed E-state index contributed by atoms with van der Waals surface area (Å²) in [6, 6.07) is 8.57. The van der Waals surface area contributed by atoms with Gasteiger partial charge in [0.1, 0.15) is 29.9 Å². The highest BCUT2D eigenvalue weighted by molar-refractivity contribution is 5.75. The van der Waals surface area contributed by atoms with E-state index in [4.69, 9.17) is 14.3 Å². The van der Waals surface area contributed by atoms with E-state index < -0.39 is 11.9 Å². The number of halogens is 1. The molecule has 0 spiro atoms. The molecular weight excluding hydrogens is 239 g/mol. The van der Waals surface area contributed by atoms with Crippen molar-refractivity contribution < 1.29 is 23.4 Å². The van der Waals surface area contributed by atoms with Crippen LogP contribution in [0.1, 0.15) is 11.7 Å². The van der Waals surface area contributed by atoms with Crippen LogP contribution in [0.3, 0.4) is 0 Å². The molecule has 0 saturated carbocycles. The molecule has 2 aromatic rings. The molecule has 5 heteroatoms. The first-order valence-electron chi connectivity index (χ1n) is 5.31. The summed E-state index contributed by atoms with van der Waals surface area (Å²) in [6.45, 7) is -0.0749. The second-order valence-corrected chi connectivity index (χ2v) is 3.67. The van der Waals surface area contributed by atoms with E-state index in [0.717, 1.165) is 0 Å². The van der Waals surface area contributed by atoms with Gasteiger partial charge in [-0.25, -0.2) is 4.39 Å². The van der Waals surface area contributed by atoms with Crippen LogP contribution in [0.25, 0.3) is 0 Å². The zero-order valence-corrected chi connectivity index (χ0v) is 9.38. The molecule has 4 nitrogen and oxygen atoms in total. The van der Waals surface area contributed by atoms with Crippen LogP contribution in [0.5, 0.6) is 5.75 Å². The minimum absolute atomic E-state index is 0.0749. The van der Waals surface area contributed by atoms with Crippen LogP contribution < -0.4 is 4.74 Å². The molecule has 0 aliphatic carbocycles. The Morgan fingerprint density at radius 3 is 2.61 bits per heavy atom. The van der Waals surface area contributed by atoms with Crippen molar-refractivity contribution in [1.82, 2.24) is 0 Å². The minimum Gasteiger partial charge on any atom is -0.492 e. The van der Waals surface area contributed by atoms with Gasteiger partial charge < -0.3 is 14.3 Å². The molecule has 94 valence electrons. The second-order valence-electron chi connectivity index (χ2n) is 3.67. The molecule has 2 rings (SSSR count). The molecule has 0 amide bonds. The van der Waals surface area contributed by atoms with Gasteiger partial charge in [0.05, 0.1) is 6.26 Å². The number of rotatable bonds is 5. The van der Waals surface area contributed by atoms with Gasteiger partial charge in [-0.2, -0.15) is 0 Å². The van der Waals surface area contributed by atoms with E-state index in [1.807, 2.05) is 0 Å². The normalized spacial score (nSPS) is 12.1. The number of aliphatic carboxylic acids is 1. The Balaban J connectivity index is 2.02. The van der Waals surface area contributed by atoms with Crippen molar-refractivity contribution in [2.24, 2.45) is 0 Å². The van der Waals surface area contributed by atoms with Crippen LogP contribution in [0.15, 0.2) is 47.1 Å². The third-order valence-electron chi connectivity index (χ3n) is 2.42. The van der Waals surface area contributed by atoms with Crippen LogP contribution in [0.4, 0.5) is 4.39 Å². The molecular formula is C13H11FO4. The van der Waals surface area contributed by atoms with Crippen molar-refractivity contribution in [1.29, 1.82) is 0 Å². The van der Waals surface area contributed by atoms with Crippen LogP contribution in [-0.2, 0) is 4.79 Å². The number of benzene rings is 1. The molecule has 0 aliphatic heterocycles. The molecule has 0 radical (unpaired) electrons. The standard InChI is InChI=1S/C13H11FO4/c14-9-3-5-10(6-4-9)18-8-11(13(15)16)12-2-1-7-17-12/h1-7,11H,8H2,(H,15,16). The van der Waals surface area contributed by atoms with E-state index in [0.29, 0.717) is 11.5 Å². The summed E-state index contributed by atoms with van der Waals surface area (Å²) in [7, 11) is 0. The van der Waals surface area contributed by atoms with Crippen LogP contribution in [0.2, 0.25) is 0 Å². The fourth-order valence-electron chi connectivity index (χ4n) is 1.48. The summed E-state index contributed by atoms with van der Waals surface area (Å²) in [5, 5.41) is 9.07. The highest BCUT2D eigenvalue weighted by Crippen LogP contribution is 2.19. The first kappa shape index (κ1) is 12.2. The predicted molar refractivity (Wildman–Crippen MR) is 61.0 cm³/mol. The highest BCUT2D eigenvalue weighted by atomic mass is 19.1. The van der Waals surface area contributed by atoms with Gasteiger partial charge in [0.2, 0.25) is 0 Å². The number of hydrogen-bond donors (Lipinski definition) is 1. The fraction of sp³-hybridized carbons (Fsp3) is 0.154. The molecule has 1 heterocycles. The minimum atomic E-state index is -1.04. The van der Waals surface area contributed by atoms with Crippen LogP contribution >= 0.6 is 0 Å². The summed E-state index contributed by atoms with van der Waals surface area (Å²) >= 11 is 0. The number of carbonyl (C=O) groups is 1. The Kier molecular flexibility index (Phi) is 3.62. The molecule has 0 bridgehead atoms. The summed E-state index contributed by atoms with van der Waals surface area (Å²) in [4.78, 5) is 11.1. The predicted octanol–water partition coefficient (Wildman–Crippen LogP) is 2.67. The summed E-state index contributed by atoms with van der Waals surface area (Å²) in [5.41, 5.74) is 0. The number of hydrogen-bond acceptors (Lipinski definition) is 3.